The molecule has 0 aliphatic carbocycles. The molecule has 1 aromatic carbocycles. The Morgan fingerprint density at radius 2 is 2.07 bits per heavy atom. The maximum atomic E-state index is 12.2. The minimum Gasteiger partial charge on any atom is -0.324 e. The largest absolute Gasteiger partial charge is 0.446 e. The van der Waals surface area contributed by atoms with Crippen LogP contribution >= 0.6 is 23.4 Å². The zero-order valence-electron chi connectivity index (χ0n) is 7.44. The van der Waals surface area contributed by atoms with E-state index in [9.17, 15) is 13.2 Å². The molecule has 3 N–H and O–H groups in total. The number of nitrogens with one attached hydrogen (secondary N) is 1. The Labute approximate surface area is 93.9 Å². The van der Waals surface area contributed by atoms with E-state index in [0.29, 0.717) is 11.3 Å². The zero-order valence-corrected chi connectivity index (χ0v) is 9.01. The van der Waals surface area contributed by atoms with E-state index in [1.165, 1.54) is 12.1 Å². The highest BCUT2D eigenvalue weighted by Gasteiger charge is 2.30. The number of benzene rings is 1. The van der Waals surface area contributed by atoms with Crippen LogP contribution in [0.2, 0.25) is 0 Å². The molecule has 0 radical (unpaired) electrons. The van der Waals surface area contributed by atoms with E-state index < -0.39 is 5.51 Å². The van der Waals surface area contributed by atoms with Gasteiger partial charge in [-0.2, -0.15) is 13.2 Å². The smallest absolute Gasteiger partial charge is 0.324 e. The molecule has 0 aromatic heterocycles. The monoisotopic (exact) mass is 256 g/mol. The number of halogens is 4. The first-order chi connectivity index (χ1) is 6.98. The van der Waals surface area contributed by atoms with Gasteiger partial charge in [-0.1, -0.05) is 6.07 Å². The Morgan fingerprint density at radius 1 is 1.40 bits per heavy atom. The highest BCUT2D eigenvalue weighted by atomic mass is 35.5. The summed E-state index contributed by atoms with van der Waals surface area (Å²) in [5.41, 5.74) is -1.26. The lowest BCUT2D eigenvalue weighted by atomic mass is 10.2. The van der Waals surface area contributed by atoms with Gasteiger partial charge in [0.15, 0.2) is 0 Å². The molecule has 0 unspecified atom stereocenters. The predicted octanol–water partition coefficient (Wildman–Crippen LogP) is 3.32. The molecule has 0 heterocycles. The zero-order chi connectivity index (χ0) is 11.5. The lowest BCUT2D eigenvalue weighted by molar-refractivity contribution is -0.0328. The number of hydrogen-bond donors (Lipinski definition) is 2. The molecule has 0 aliphatic rings. The van der Waals surface area contributed by atoms with Crippen molar-refractivity contribution < 1.29 is 13.2 Å². The highest BCUT2D eigenvalue weighted by molar-refractivity contribution is 8.00. The lowest BCUT2D eigenvalue weighted by Gasteiger charge is -2.12. The first-order valence-corrected chi connectivity index (χ1v) is 5.23. The van der Waals surface area contributed by atoms with E-state index in [0.717, 1.165) is 0 Å². The van der Waals surface area contributed by atoms with Crippen LogP contribution in [0.5, 0.6) is 0 Å². The van der Waals surface area contributed by atoms with E-state index in [1.807, 2.05) is 0 Å². The molecule has 7 heteroatoms. The van der Waals surface area contributed by atoms with E-state index in [4.69, 9.17) is 17.4 Å². The van der Waals surface area contributed by atoms with Crippen LogP contribution in [0.4, 0.5) is 18.9 Å². The van der Waals surface area contributed by atoms with E-state index >= 15 is 0 Å². The third-order valence-electron chi connectivity index (χ3n) is 1.65. The Bertz CT molecular complexity index is 343. The van der Waals surface area contributed by atoms with Gasteiger partial charge in [0.25, 0.3) is 0 Å². The van der Waals surface area contributed by atoms with Gasteiger partial charge in [-0.25, -0.2) is 0 Å². The maximum absolute atomic E-state index is 12.2. The molecule has 0 saturated heterocycles. The molecule has 84 valence electrons. The van der Waals surface area contributed by atoms with Crippen molar-refractivity contribution in [1.29, 1.82) is 0 Å². The summed E-state index contributed by atoms with van der Waals surface area (Å²) >= 11 is 5.37. The number of thioether (sulfide) groups is 1. The van der Waals surface area contributed by atoms with Gasteiger partial charge in [0.05, 0.1) is 11.6 Å². The third-order valence-corrected chi connectivity index (χ3v) is 2.75. The number of anilines is 1. The van der Waals surface area contributed by atoms with Gasteiger partial charge in [0, 0.05) is 10.5 Å². The number of nitrogen functional groups attached to an aromatic ring is 1. The minimum absolute atomic E-state index is 0.0290. The van der Waals surface area contributed by atoms with Crippen LogP contribution in [0.25, 0.3) is 0 Å². The molecule has 0 spiro atoms. The topological polar surface area (TPSA) is 38.0 Å². The van der Waals surface area contributed by atoms with Gasteiger partial charge < -0.3 is 5.43 Å². The van der Waals surface area contributed by atoms with Crippen LogP contribution < -0.4 is 11.3 Å². The van der Waals surface area contributed by atoms with Crippen molar-refractivity contribution >= 4 is 29.1 Å². The van der Waals surface area contributed by atoms with Crippen LogP contribution in [0.15, 0.2) is 23.1 Å². The minimum atomic E-state index is -4.33. The van der Waals surface area contributed by atoms with Crippen molar-refractivity contribution in [2.45, 2.75) is 16.3 Å². The molecule has 2 nitrogen and oxygen atoms in total. The summed E-state index contributed by atoms with van der Waals surface area (Å²) in [6.45, 7) is 0. The van der Waals surface area contributed by atoms with E-state index in [2.05, 4.69) is 5.43 Å². The quantitative estimate of drug-likeness (QED) is 0.377. The Hall–Kier alpha value is -0.590. The molecular formula is C8H8ClF3N2S. The van der Waals surface area contributed by atoms with Gasteiger partial charge in [-0.3, -0.25) is 5.84 Å². The van der Waals surface area contributed by atoms with Crippen molar-refractivity contribution in [3.8, 4) is 0 Å². The lowest BCUT2D eigenvalue weighted by Crippen LogP contribution is -2.10. The first-order valence-electron chi connectivity index (χ1n) is 3.88. The second-order valence-electron chi connectivity index (χ2n) is 2.61. The van der Waals surface area contributed by atoms with Crippen LogP contribution in [0, 0.1) is 0 Å². The number of alkyl halides is 4. The number of hydrazine groups is 1. The summed E-state index contributed by atoms with van der Waals surface area (Å²) < 4.78 is 36.5. The average Bonchev–Trinajstić information content (AvgIpc) is 2.15. The number of hydrogen-bond acceptors (Lipinski definition) is 3. The Kier molecular flexibility index (Phi) is 4.12. The fourth-order valence-corrected chi connectivity index (χ4v) is 2.13. The van der Waals surface area contributed by atoms with E-state index in [-0.39, 0.29) is 22.5 Å². The number of rotatable bonds is 3. The molecule has 0 saturated carbocycles. The molecule has 15 heavy (non-hydrogen) atoms. The van der Waals surface area contributed by atoms with Crippen molar-refractivity contribution in [2.75, 3.05) is 5.43 Å². The molecule has 1 rings (SSSR count). The fourth-order valence-electron chi connectivity index (χ4n) is 1.06. The summed E-state index contributed by atoms with van der Waals surface area (Å²) in [5.74, 6) is 5.13. The summed E-state index contributed by atoms with van der Waals surface area (Å²) in [6.07, 6.45) is 0. The molecule has 0 atom stereocenters. The van der Waals surface area contributed by atoms with Crippen molar-refractivity contribution in [2.24, 2.45) is 5.84 Å². The molecule has 0 amide bonds. The summed E-state index contributed by atoms with van der Waals surface area (Å²) in [4.78, 5) is 0.0629. The van der Waals surface area contributed by atoms with Crippen LogP contribution in [0.3, 0.4) is 0 Å². The predicted molar refractivity (Wildman–Crippen MR) is 55.7 cm³/mol. The van der Waals surface area contributed by atoms with Crippen LogP contribution in [0.1, 0.15) is 5.56 Å². The van der Waals surface area contributed by atoms with Crippen molar-refractivity contribution in [3.05, 3.63) is 23.8 Å². The highest BCUT2D eigenvalue weighted by Crippen LogP contribution is 2.40. The SMILES string of the molecule is NNc1cccc(SC(F)(F)F)c1CCl. The summed E-state index contributed by atoms with van der Waals surface area (Å²) in [5, 5.41) is 0. The molecule has 0 fully saturated rings. The number of nitrogens with two attached hydrogens (primary N) is 1. The van der Waals surface area contributed by atoms with Crippen molar-refractivity contribution in [1.82, 2.24) is 0 Å². The fraction of sp³-hybridized carbons (Fsp3) is 0.250. The van der Waals surface area contributed by atoms with Crippen LogP contribution in [-0.4, -0.2) is 5.51 Å². The standard InChI is InChI=1S/C8H8ClF3N2S/c9-4-5-6(14-13)2-1-3-7(5)15-8(10,11)12/h1-3,14H,4,13H2. The molecule has 1 aromatic rings. The van der Waals surface area contributed by atoms with Gasteiger partial charge in [0.1, 0.15) is 0 Å². The van der Waals surface area contributed by atoms with Gasteiger partial charge in [0.2, 0.25) is 0 Å². The Balaban J connectivity index is 3.06. The third kappa shape index (κ3) is 3.48. The first kappa shape index (κ1) is 12.5. The second-order valence-corrected chi connectivity index (χ2v) is 3.98. The Morgan fingerprint density at radius 3 is 2.53 bits per heavy atom. The van der Waals surface area contributed by atoms with E-state index in [1.54, 1.807) is 6.07 Å². The normalized spacial score (nSPS) is 11.5. The van der Waals surface area contributed by atoms with Gasteiger partial charge >= 0.3 is 5.51 Å². The van der Waals surface area contributed by atoms with Crippen LogP contribution in [-0.2, 0) is 5.88 Å². The van der Waals surface area contributed by atoms with Gasteiger partial charge in [-0.15, -0.1) is 11.6 Å². The van der Waals surface area contributed by atoms with Crippen molar-refractivity contribution in [3.63, 3.8) is 0 Å². The average molecular weight is 257 g/mol. The molecule has 0 bridgehead atoms. The molecule has 0 aliphatic heterocycles. The maximum Gasteiger partial charge on any atom is 0.446 e. The summed E-state index contributed by atoms with van der Waals surface area (Å²) in [7, 11) is 0. The second kappa shape index (κ2) is 4.96. The van der Waals surface area contributed by atoms with Gasteiger partial charge in [-0.05, 0) is 23.9 Å². The summed E-state index contributed by atoms with van der Waals surface area (Å²) in [6, 6.07) is 4.41. The molecular weight excluding hydrogens is 249 g/mol.